The number of rotatable bonds is 26. The molecular formula is C36H56NO8P. The summed E-state index contributed by atoms with van der Waals surface area (Å²) in [7, 11) is 1.44. The highest BCUT2D eigenvalue weighted by Gasteiger charge is 2.16. The van der Waals surface area contributed by atoms with Gasteiger partial charge in [0, 0.05) is 25.2 Å². The van der Waals surface area contributed by atoms with Crippen molar-refractivity contribution in [3.8, 4) is 47.4 Å². The third-order valence-electron chi connectivity index (χ3n) is 6.66. The Kier molecular flexibility index (Phi) is 26.8. The molecule has 0 saturated carbocycles. The first-order chi connectivity index (χ1) is 22.0. The van der Waals surface area contributed by atoms with Crippen LogP contribution in [0.3, 0.4) is 0 Å². The molecule has 0 aromatic carbocycles. The average molecular weight is 662 g/mol. The van der Waals surface area contributed by atoms with Gasteiger partial charge < -0.3 is 27.9 Å². The minimum absolute atomic E-state index is 0.0534. The number of likely N-dealkylation sites (N-methyl/N-ethyl adjacent to an activating group) is 1. The van der Waals surface area contributed by atoms with Gasteiger partial charge in [-0.05, 0) is 63.2 Å². The van der Waals surface area contributed by atoms with Crippen LogP contribution in [-0.2, 0) is 32.7 Å². The van der Waals surface area contributed by atoms with Crippen LogP contribution in [0, 0.1) is 53.3 Å². The number of carbonyl (C=O) groups is 2. The van der Waals surface area contributed by atoms with Gasteiger partial charge in [-0.25, -0.2) is 0 Å². The molecule has 0 fully saturated rings. The van der Waals surface area contributed by atoms with E-state index in [9.17, 15) is 19.0 Å². The zero-order chi connectivity index (χ0) is 34.4. The molecule has 0 aromatic heterocycles. The molecule has 0 aliphatic rings. The third-order valence-corrected chi connectivity index (χ3v) is 7.62. The largest absolute Gasteiger partial charge is 0.756 e. The number of nitrogens with zero attached hydrogens (tertiary/aromatic N) is 1. The second kappa shape index (κ2) is 28.5. The number of phosphoric ester groups is 1. The van der Waals surface area contributed by atoms with Crippen LogP contribution in [0.2, 0.25) is 0 Å². The zero-order valence-corrected chi connectivity index (χ0v) is 29.8. The molecule has 0 bridgehead atoms. The maximum Gasteiger partial charge on any atom is 0.305 e. The summed E-state index contributed by atoms with van der Waals surface area (Å²) >= 11 is 0. The van der Waals surface area contributed by atoms with Gasteiger partial charge in [0.2, 0.25) is 0 Å². The summed E-state index contributed by atoms with van der Waals surface area (Å²) in [5.74, 6) is 21.6. The molecule has 46 heavy (non-hydrogen) atoms. The van der Waals surface area contributed by atoms with Crippen LogP contribution in [0.25, 0.3) is 0 Å². The first kappa shape index (κ1) is 43.2. The van der Waals surface area contributed by atoms with E-state index in [2.05, 4.69) is 47.4 Å². The van der Waals surface area contributed by atoms with E-state index in [1.807, 2.05) is 21.1 Å². The maximum atomic E-state index is 12.1. The Morgan fingerprint density at radius 1 is 0.696 bits per heavy atom. The van der Waals surface area contributed by atoms with E-state index in [0.29, 0.717) is 36.7 Å². The van der Waals surface area contributed by atoms with E-state index in [1.54, 1.807) is 13.8 Å². The second-order valence-electron chi connectivity index (χ2n) is 12.0. The first-order valence-electron chi connectivity index (χ1n) is 16.5. The molecule has 10 heteroatoms. The fourth-order valence-corrected chi connectivity index (χ4v) is 4.79. The normalized spacial score (nSPS) is 12.4. The summed E-state index contributed by atoms with van der Waals surface area (Å²) < 4.78 is 33.1. The Hall–Kier alpha value is -2.75. The van der Waals surface area contributed by atoms with E-state index in [-0.39, 0.29) is 44.3 Å². The van der Waals surface area contributed by atoms with Gasteiger partial charge in [0.05, 0.1) is 27.7 Å². The highest BCUT2D eigenvalue weighted by atomic mass is 31.2. The molecule has 0 spiro atoms. The number of hydrogen-bond donors (Lipinski definition) is 0. The lowest BCUT2D eigenvalue weighted by Crippen LogP contribution is -2.37. The van der Waals surface area contributed by atoms with Crippen LogP contribution in [0.1, 0.15) is 110 Å². The lowest BCUT2D eigenvalue weighted by Gasteiger charge is -2.27. The van der Waals surface area contributed by atoms with Crippen molar-refractivity contribution in [2.75, 3.05) is 54.1 Å². The molecule has 258 valence electrons. The first-order valence-corrected chi connectivity index (χ1v) is 18.0. The third kappa shape index (κ3) is 31.2. The van der Waals surface area contributed by atoms with Gasteiger partial charge in [-0.2, -0.15) is 0 Å². The quantitative estimate of drug-likeness (QED) is 0.0376. The van der Waals surface area contributed by atoms with Crippen molar-refractivity contribution >= 4 is 19.8 Å². The molecule has 0 aliphatic carbocycles. The van der Waals surface area contributed by atoms with E-state index < -0.39 is 7.82 Å². The molecule has 9 nitrogen and oxygen atoms in total. The van der Waals surface area contributed by atoms with Gasteiger partial charge >= 0.3 is 11.9 Å². The van der Waals surface area contributed by atoms with Gasteiger partial charge in [0.25, 0.3) is 7.82 Å². The van der Waals surface area contributed by atoms with E-state index in [4.69, 9.17) is 18.5 Å². The predicted octanol–water partition coefficient (Wildman–Crippen LogP) is 5.80. The summed E-state index contributed by atoms with van der Waals surface area (Å²) in [5.41, 5.74) is 0. The Morgan fingerprint density at radius 3 is 1.78 bits per heavy atom. The maximum absolute atomic E-state index is 12.1. The Bertz CT molecular complexity index is 1150. The smallest absolute Gasteiger partial charge is 0.305 e. The predicted molar refractivity (Wildman–Crippen MR) is 180 cm³/mol. The standard InChI is InChI=1S/C36H56NO8P/c1-6-8-10-11-12-13-14-15-16-19-23-27-35(38)42-31-32-43-36(39)28-24-20-17-18-22-26-34(25-21-9-7-2)33-45-46(40,41)44-30-29-37(3,4)5/h34H,12-20,22-24,26-33H2,1-5H3. The van der Waals surface area contributed by atoms with E-state index >= 15 is 0 Å². The van der Waals surface area contributed by atoms with Crippen LogP contribution < -0.4 is 4.89 Å². The molecule has 2 atom stereocenters. The minimum Gasteiger partial charge on any atom is -0.756 e. The highest BCUT2D eigenvalue weighted by molar-refractivity contribution is 7.45. The number of carbonyl (C=O) groups excluding carboxylic acids is 2. The second-order valence-corrected chi connectivity index (χ2v) is 13.4. The number of phosphoric acid groups is 1. The van der Waals surface area contributed by atoms with Crippen molar-refractivity contribution in [1.82, 2.24) is 0 Å². The van der Waals surface area contributed by atoms with E-state index in [1.165, 1.54) is 0 Å². The summed E-state index contributed by atoms with van der Waals surface area (Å²) in [6, 6.07) is 0. The SMILES string of the molecule is CC#CC#CCCCCCCCCC(=O)OCCOC(=O)CCCCCCCC(C#CC#CC)COP(=O)([O-])OCC[N+](C)(C)C. The average Bonchev–Trinajstić information content (AvgIpc) is 2.99. The van der Waals surface area contributed by atoms with Crippen LogP contribution in [0.15, 0.2) is 0 Å². The molecule has 0 rings (SSSR count). The van der Waals surface area contributed by atoms with Crippen LogP contribution in [0.5, 0.6) is 0 Å². The summed E-state index contributed by atoms with van der Waals surface area (Å²) in [4.78, 5) is 35.9. The highest BCUT2D eigenvalue weighted by Crippen LogP contribution is 2.39. The Morgan fingerprint density at radius 2 is 1.22 bits per heavy atom. The molecule has 0 aliphatic heterocycles. The van der Waals surface area contributed by atoms with Gasteiger partial charge in [-0.3, -0.25) is 14.2 Å². The van der Waals surface area contributed by atoms with Gasteiger partial charge in [0.15, 0.2) is 0 Å². The Labute approximate surface area is 279 Å². The van der Waals surface area contributed by atoms with Crippen molar-refractivity contribution in [2.45, 2.75) is 110 Å². The number of quaternary nitrogens is 1. The van der Waals surface area contributed by atoms with Crippen molar-refractivity contribution in [2.24, 2.45) is 5.92 Å². The lowest BCUT2D eigenvalue weighted by atomic mass is 10.0. The molecular weight excluding hydrogens is 605 g/mol. The molecule has 0 saturated heterocycles. The van der Waals surface area contributed by atoms with Crippen LogP contribution in [-0.4, -0.2) is 70.5 Å². The van der Waals surface area contributed by atoms with Gasteiger partial charge in [0.1, 0.15) is 26.4 Å². The van der Waals surface area contributed by atoms with Gasteiger partial charge in [-0.15, -0.1) is 0 Å². The van der Waals surface area contributed by atoms with E-state index in [0.717, 1.165) is 70.6 Å². The molecule has 0 radical (unpaired) electrons. The fourth-order valence-electron chi connectivity index (χ4n) is 4.05. The lowest BCUT2D eigenvalue weighted by molar-refractivity contribution is -0.870. The summed E-state index contributed by atoms with van der Waals surface area (Å²) in [6.07, 6.45) is 12.7. The van der Waals surface area contributed by atoms with Crippen molar-refractivity contribution in [1.29, 1.82) is 0 Å². The van der Waals surface area contributed by atoms with Crippen molar-refractivity contribution in [3.05, 3.63) is 0 Å². The molecule has 0 N–H and O–H groups in total. The molecule has 0 heterocycles. The number of ether oxygens (including phenoxy) is 2. The number of hydrogen-bond acceptors (Lipinski definition) is 8. The topological polar surface area (TPSA) is 111 Å². The minimum atomic E-state index is -4.40. The van der Waals surface area contributed by atoms with Crippen molar-refractivity contribution < 1.29 is 42.1 Å². The number of esters is 2. The summed E-state index contributed by atoms with van der Waals surface area (Å²) in [5, 5.41) is 0. The fraction of sp³-hybridized carbons (Fsp3) is 0.722. The van der Waals surface area contributed by atoms with Crippen molar-refractivity contribution in [3.63, 3.8) is 0 Å². The zero-order valence-electron chi connectivity index (χ0n) is 28.9. The van der Waals surface area contributed by atoms with Crippen LogP contribution in [0.4, 0.5) is 0 Å². The molecule has 0 aromatic rings. The van der Waals surface area contributed by atoms with Crippen LogP contribution >= 0.6 is 7.82 Å². The monoisotopic (exact) mass is 661 g/mol. The molecule has 0 amide bonds. The number of unbranched alkanes of at least 4 members (excludes halogenated alkanes) is 10. The van der Waals surface area contributed by atoms with Gasteiger partial charge in [-0.1, -0.05) is 75.0 Å². The molecule has 2 unspecified atom stereocenters. The Balaban J connectivity index is 3.92. The summed E-state index contributed by atoms with van der Waals surface area (Å²) in [6.45, 7) is 4.13.